The molecule has 0 aromatic rings. The molecule has 42 heavy (non-hydrogen) atoms. The van der Waals surface area contributed by atoms with Crippen LogP contribution in [0.3, 0.4) is 0 Å². The van der Waals surface area contributed by atoms with Crippen LogP contribution < -0.4 is 0 Å². The summed E-state index contributed by atoms with van der Waals surface area (Å²) < 4.78 is 28.0. The first kappa shape index (κ1) is 32.8. The van der Waals surface area contributed by atoms with Crippen molar-refractivity contribution in [2.75, 3.05) is 13.2 Å². The van der Waals surface area contributed by atoms with Crippen molar-refractivity contribution in [1.29, 1.82) is 0 Å². The summed E-state index contributed by atoms with van der Waals surface area (Å²) in [5, 5.41) is 103. The fourth-order valence-electron chi connectivity index (χ4n) is 7.21. The summed E-state index contributed by atoms with van der Waals surface area (Å²) in [6.45, 7) is -1.13. The highest BCUT2D eigenvalue weighted by Crippen LogP contribution is 2.42. The highest BCUT2D eigenvalue weighted by Gasteiger charge is 2.54. The first-order valence-corrected chi connectivity index (χ1v) is 15.0. The van der Waals surface area contributed by atoms with Gasteiger partial charge in [-0.15, -0.1) is 0 Å². The Labute approximate surface area is 243 Å². The Bertz CT molecular complexity index is 857. The minimum Gasteiger partial charge on any atom is -0.427 e. The standard InChI is InChI=1S/C27H46O15/c28-8-17-19(32)21(34)23(36)26(41-17)38-9-18-20(33)22(35)24(37)27(42-18)40-16-7-13-14(31)5-12(30)6-15(13)39-25(16)10-1-3-11(29)4-2-10/h10-37H,1-9H2/p+1/t10?,11?,12?,13?,14?,15?,16?,17-,18-,19-,20-,21+,22+,23-,24-,25?,26-,27+/m1/s1. The molecule has 16 atom stereocenters. The van der Waals surface area contributed by atoms with Gasteiger partial charge in [-0.3, -0.25) is 0 Å². The van der Waals surface area contributed by atoms with Crippen LogP contribution in [0.1, 0.15) is 44.9 Å². The van der Waals surface area contributed by atoms with Crippen molar-refractivity contribution in [2.24, 2.45) is 11.8 Å². The number of aliphatic hydroxyl groups is 12. The summed E-state index contributed by atoms with van der Waals surface area (Å²) in [6.07, 6.45) is -14.8. The van der Waals surface area contributed by atoms with Gasteiger partial charge < -0.3 is 74.7 Å². The maximum Gasteiger partial charge on any atom is 0.187 e. The van der Waals surface area contributed by atoms with Gasteiger partial charge in [-0.1, -0.05) is 0 Å². The molecule has 11 N–H and O–H groups in total. The summed E-state index contributed by atoms with van der Waals surface area (Å²) in [4.78, 5) is 0. The second-order valence-corrected chi connectivity index (χ2v) is 12.6. The molecule has 0 bridgehead atoms. The van der Waals surface area contributed by atoms with Gasteiger partial charge in [0.05, 0.1) is 37.4 Å². The van der Waals surface area contributed by atoms with Crippen molar-refractivity contribution in [3.8, 4) is 0 Å². The Morgan fingerprint density at radius 2 is 1.26 bits per heavy atom. The van der Waals surface area contributed by atoms with E-state index in [2.05, 4.69) is 0 Å². The topological polar surface area (TPSA) is 252 Å². The average Bonchev–Trinajstić information content (AvgIpc) is 2.97. The molecule has 3 saturated heterocycles. The number of ether oxygens (including phenoxy) is 5. The van der Waals surface area contributed by atoms with E-state index in [1.165, 1.54) is 0 Å². The predicted octanol–water partition coefficient (Wildman–Crippen LogP) is -4.65. The van der Waals surface area contributed by atoms with Crippen molar-refractivity contribution < 1.29 is 74.7 Å². The lowest BCUT2D eigenvalue weighted by molar-refractivity contribution is -0.362. The molecule has 3 aliphatic heterocycles. The molecule has 0 aromatic heterocycles. The van der Waals surface area contributed by atoms with Crippen molar-refractivity contribution in [1.82, 2.24) is 0 Å². The second-order valence-electron chi connectivity index (χ2n) is 12.6. The van der Waals surface area contributed by atoms with Gasteiger partial charge in [-0.25, -0.2) is 0 Å². The molecule has 0 spiro atoms. The van der Waals surface area contributed by atoms with Crippen LogP contribution in [-0.2, 0) is 18.9 Å². The number of rotatable bonds is 7. The number of aliphatic hydroxyl groups excluding tert-OH is 10. The minimum absolute atomic E-state index is 0.0529. The summed E-state index contributed by atoms with van der Waals surface area (Å²) in [5.74, 6) is -0.234. The predicted molar refractivity (Wildman–Crippen MR) is 138 cm³/mol. The quantitative estimate of drug-likeness (QED) is 0.122. The molecule has 5 aliphatic rings. The molecule has 0 amide bonds. The van der Waals surface area contributed by atoms with Crippen LogP contribution in [0.5, 0.6) is 0 Å². The lowest BCUT2D eigenvalue weighted by Crippen LogP contribution is -2.63. The molecule has 2 aliphatic carbocycles. The van der Waals surface area contributed by atoms with Crippen LogP contribution >= 0.6 is 0 Å². The summed E-state index contributed by atoms with van der Waals surface area (Å²) in [7, 11) is 0. The highest BCUT2D eigenvalue weighted by atomic mass is 16.7. The number of hydrogen-bond donors (Lipinski definition) is 10. The summed E-state index contributed by atoms with van der Waals surface area (Å²) in [6, 6.07) is 0. The molecular weight excluding hydrogens is 564 g/mol. The molecule has 15 heteroatoms. The van der Waals surface area contributed by atoms with Crippen molar-refractivity contribution in [2.45, 2.75) is 143 Å². The smallest absolute Gasteiger partial charge is 0.187 e. The van der Waals surface area contributed by atoms with Crippen molar-refractivity contribution >= 4 is 0 Å². The third-order valence-corrected chi connectivity index (χ3v) is 9.74. The Kier molecular flexibility index (Phi) is 10.8. The first-order valence-electron chi connectivity index (χ1n) is 15.0. The fourth-order valence-corrected chi connectivity index (χ4v) is 7.21. The van der Waals surface area contributed by atoms with Gasteiger partial charge in [-0.2, -0.15) is 0 Å². The lowest BCUT2D eigenvalue weighted by Gasteiger charge is -2.48. The highest BCUT2D eigenvalue weighted by molar-refractivity contribution is 4.98. The monoisotopic (exact) mass is 611 g/mol. The van der Waals surface area contributed by atoms with E-state index >= 15 is 0 Å². The van der Waals surface area contributed by atoms with Crippen LogP contribution in [0, 0.1) is 11.8 Å². The zero-order valence-electron chi connectivity index (χ0n) is 23.3. The van der Waals surface area contributed by atoms with E-state index in [0.717, 1.165) is 0 Å². The van der Waals surface area contributed by atoms with Gasteiger partial charge in [0.1, 0.15) is 54.9 Å². The summed E-state index contributed by atoms with van der Waals surface area (Å²) >= 11 is 0. The molecule has 15 nitrogen and oxygen atoms in total. The third-order valence-electron chi connectivity index (χ3n) is 9.74. The SMILES string of the molecule is OC[C@H]1O[C@@H](OC[C@H]2O[C@H](OC3CC4C(O)CC(O)CC4[OH+]C3C3CCC(O)CC3)[C@H](O)[C@@H](O)[C@@H]2O)[C@H](O)[C@@H](O)[C@@H]1O. The Morgan fingerprint density at radius 1 is 0.643 bits per heavy atom. The zero-order chi connectivity index (χ0) is 30.3. The molecule has 5 fully saturated rings. The molecule has 0 radical (unpaired) electrons. The molecule has 5 rings (SSSR count). The number of hydrogen-bond acceptors (Lipinski definition) is 14. The maximum absolute atomic E-state index is 10.8. The van der Waals surface area contributed by atoms with E-state index < -0.39 is 92.9 Å². The van der Waals surface area contributed by atoms with E-state index in [4.69, 9.17) is 23.7 Å². The van der Waals surface area contributed by atoms with Crippen LogP contribution in [0.4, 0.5) is 0 Å². The Balaban J connectivity index is 1.28. The molecular formula is C27H47O15+. The van der Waals surface area contributed by atoms with E-state index in [0.29, 0.717) is 38.5 Å². The van der Waals surface area contributed by atoms with Gasteiger partial charge in [0.2, 0.25) is 0 Å². The maximum atomic E-state index is 10.8. The average molecular weight is 612 g/mol. The van der Waals surface area contributed by atoms with E-state index in [9.17, 15) is 51.1 Å². The zero-order valence-corrected chi connectivity index (χ0v) is 23.3. The molecule has 2 saturated carbocycles. The third kappa shape index (κ3) is 6.80. The molecule has 0 aromatic carbocycles. The van der Waals surface area contributed by atoms with Crippen LogP contribution in [0.25, 0.3) is 0 Å². The van der Waals surface area contributed by atoms with E-state index in [1.807, 2.05) is 0 Å². The van der Waals surface area contributed by atoms with Gasteiger partial charge >= 0.3 is 0 Å². The van der Waals surface area contributed by atoms with Gasteiger partial charge in [0.15, 0.2) is 24.8 Å². The van der Waals surface area contributed by atoms with E-state index in [1.54, 1.807) is 0 Å². The molecule has 3 heterocycles. The largest absolute Gasteiger partial charge is 0.427 e. The van der Waals surface area contributed by atoms with Crippen LogP contribution in [0.15, 0.2) is 0 Å². The van der Waals surface area contributed by atoms with Gasteiger partial charge in [0, 0.05) is 18.8 Å². The van der Waals surface area contributed by atoms with Crippen molar-refractivity contribution in [3.63, 3.8) is 0 Å². The Hall–Kier alpha value is -0.600. The van der Waals surface area contributed by atoms with E-state index in [-0.39, 0.29) is 36.6 Å². The molecule has 244 valence electrons. The summed E-state index contributed by atoms with van der Waals surface area (Å²) in [5.41, 5.74) is 0. The van der Waals surface area contributed by atoms with Crippen molar-refractivity contribution in [3.05, 3.63) is 0 Å². The van der Waals surface area contributed by atoms with Crippen LogP contribution in [0.2, 0.25) is 0 Å². The normalized spacial score (nSPS) is 53.9. The minimum atomic E-state index is -1.70. The first-order chi connectivity index (χ1) is 20.0. The number of fused-ring (bicyclic) bond motifs is 1. The Morgan fingerprint density at radius 3 is 1.93 bits per heavy atom. The van der Waals surface area contributed by atoms with Gasteiger partial charge in [0.25, 0.3) is 0 Å². The lowest BCUT2D eigenvalue weighted by atomic mass is 9.73. The van der Waals surface area contributed by atoms with Crippen LogP contribution in [-0.4, -0.2) is 167 Å². The fraction of sp³-hybridized carbons (Fsp3) is 1.00. The van der Waals surface area contributed by atoms with Gasteiger partial charge in [-0.05, 0) is 32.1 Å². The second kappa shape index (κ2) is 13.8. The molecule has 6 unspecified atom stereocenters.